The van der Waals surface area contributed by atoms with Crippen molar-refractivity contribution < 1.29 is 9.90 Å². The zero-order chi connectivity index (χ0) is 11.6. The van der Waals surface area contributed by atoms with Crippen LogP contribution in [0.4, 0.5) is 0 Å². The summed E-state index contributed by atoms with van der Waals surface area (Å²) in [6.45, 7) is 2.85. The maximum atomic E-state index is 11.7. The molecule has 1 rings (SSSR count). The highest BCUT2D eigenvalue weighted by atomic mass is 35.5. The van der Waals surface area contributed by atoms with Gasteiger partial charge < -0.3 is 14.9 Å². The lowest BCUT2D eigenvalue weighted by Gasteiger charge is -2.27. The SMILES string of the molecule is CC(Cl)C(=O)N1CC(O)CC1CN(C)C. The van der Waals surface area contributed by atoms with E-state index in [1.54, 1.807) is 11.8 Å². The van der Waals surface area contributed by atoms with Crippen LogP contribution in [0.3, 0.4) is 0 Å². The number of nitrogens with zero attached hydrogens (tertiary/aromatic N) is 2. The topological polar surface area (TPSA) is 43.8 Å². The number of β-amino-alcohol motifs (C(OH)–C–C–N with tert-alkyl or cyclic N) is 1. The van der Waals surface area contributed by atoms with Crippen molar-refractivity contribution in [2.45, 2.75) is 30.9 Å². The van der Waals surface area contributed by atoms with Crippen LogP contribution < -0.4 is 0 Å². The number of aliphatic hydroxyl groups excluding tert-OH is 1. The van der Waals surface area contributed by atoms with Crippen molar-refractivity contribution in [3.8, 4) is 0 Å². The van der Waals surface area contributed by atoms with Crippen molar-refractivity contribution >= 4 is 17.5 Å². The summed E-state index contributed by atoms with van der Waals surface area (Å²) < 4.78 is 0. The fourth-order valence-electron chi connectivity index (χ4n) is 1.98. The first kappa shape index (κ1) is 12.7. The first-order valence-corrected chi connectivity index (χ1v) is 5.62. The van der Waals surface area contributed by atoms with E-state index in [1.807, 2.05) is 19.0 Å². The number of hydrogen-bond acceptors (Lipinski definition) is 3. The maximum absolute atomic E-state index is 11.7. The van der Waals surface area contributed by atoms with Gasteiger partial charge in [0, 0.05) is 19.1 Å². The standard InChI is InChI=1S/C10H19ClN2O2/c1-7(11)10(15)13-6-9(14)4-8(13)5-12(2)3/h7-9,14H,4-6H2,1-3H3. The molecule has 1 fully saturated rings. The van der Waals surface area contributed by atoms with Gasteiger partial charge in [0.1, 0.15) is 5.38 Å². The van der Waals surface area contributed by atoms with Crippen LogP contribution in [0.1, 0.15) is 13.3 Å². The van der Waals surface area contributed by atoms with Gasteiger partial charge >= 0.3 is 0 Å². The van der Waals surface area contributed by atoms with Crippen molar-refractivity contribution in [3.05, 3.63) is 0 Å². The van der Waals surface area contributed by atoms with E-state index in [2.05, 4.69) is 0 Å². The minimum Gasteiger partial charge on any atom is -0.391 e. The quantitative estimate of drug-likeness (QED) is 0.707. The van der Waals surface area contributed by atoms with E-state index >= 15 is 0 Å². The minimum absolute atomic E-state index is 0.0833. The van der Waals surface area contributed by atoms with E-state index in [4.69, 9.17) is 11.6 Å². The van der Waals surface area contributed by atoms with Gasteiger partial charge in [-0.15, -0.1) is 11.6 Å². The lowest BCUT2D eigenvalue weighted by molar-refractivity contribution is -0.131. The predicted octanol–water partition coefficient (Wildman–Crippen LogP) is 0.137. The smallest absolute Gasteiger partial charge is 0.240 e. The molecule has 1 aliphatic rings. The second-order valence-electron chi connectivity index (χ2n) is 4.41. The van der Waals surface area contributed by atoms with Gasteiger partial charge in [0.25, 0.3) is 0 Å². The van der Waals surface area contributed by atoms with Crippen LogP contribution in [-0.4, -0.2) is 65.5 Å². The van der Waals surface area contributed by atoms with E-state index in [0.29, 0.717) is 13.0 Å². The summed E-state index contributed by atoms with van der Waals surface area (Å²) in [5.41, 5.74) is 0. The predicted molar refractivity (Wildman–Crippen MR) is 60.0 cm³/mol. The average Bonchev–Trinajstić information content (AvgIpc) is 2.44. The molecule has 1 N–H and O–H groups in total. The van der Waals surface area contributed by atoms with Gasteiger partial charge in [0.15, 0.2) is 0 Å². The van der Waals surface area contributed by atoms with Crippen LogP contribution in [0.15, 0.2) is 0 Å². The van der Waals surface area contributed by atoms with Crippen LogP contribution in [0.25, 0.3) is 0 Å². The zero-order valence-electron chi connectivity index (χ0n) is 9.48. The van der Waals surface area contributed by atoms with Crippen LogP contribution in [-0.2, 0) is 4.79 Å². The van der Waals surface area contributed by atoms with Crippen molar-refractivity contribution in [2.24, 2.45) is 0 Å². The molecule has 3 unspecified atom stereocenters. The maximum Gasteiger partial charge on any atom is 0.240 e. The van der Waals surface area contributed by atoms with E-state index in [0.717, 1.165) is 6.54 Å². The molecule has 1 amide bonds. The fraction of sp³-hybridized carbons (Fsp3) is 0.900. The zero-order valence-corrected chi connectivity index (χ0v) is 10.2. The monoisotopic (exact) mass is 234 g/mol. The molecule has 5 heteroatoms. The largest absolute Gasteiger partial charge is 0.391 e. The lowest BCUT2D eigenvalue weighted by Crippen LogP contribution is -2.44. The second-order valence-corrected chi connectivity index (χ2v) is 5.07. The van der Waals surface area contributed by atoms with Crippen LogP contribution in [0.5, 0.6) is 0 Å². The Labute approximate surface area is 95.8 Å². The minimum atomic E-state index is -0.514. The fourth-order valence-corrected chi connectivity index (χ4v) is 2.11. The third kappa shape index (κ3) is 3.33. The molecular weight excluding hydrogens is 216 g/mol. The Bertz CT molecular complexity index is 233. The number of carbonyl (C=O) groups is 1. The molecule has 0 aliphatic carbocycles. The molecule has 0 spiro atoms. The highest BCUT2D eigenvalue weighted by Gasteiger charge is 2.35. The molecule has 0 saturated carbocycles. The van der Waals surface area contributed by atoms with E-state index in [1.165, 1.54) is 0 Å². The van der Waals surface area contributed by atoms with E-state index < -0.39 is 11.5 Å². The first-order valence-electron chi connectivity index (χ1n) is 5.19. The average molecular weight is 235 g/mol. The van der Waals surface area contributed by atoms with E-state index in [9.17, 15) is 9.90 Å². The van der Waals surface area contributed by atoms with Gasteiger partial charge in [-0.25, -0.2) is 0 Å². The van der Waals surface area contributed by atoms with Crippen molar-refractivity contribution in [1.29, 1.82) is 0 Å². The number of rotatable bonds is 3. The van der Waals surface area contributed by atoms with Crippen LogP contribution >= 0.6 is 11.6 Å². The summed E-state index contributed by atoms with van der Waals surface area (Å²) in [5.74, 6) is -0.0833. The molecule has 4 nitrogen and oxygen atoms in total. The molecule has 0 aromatic carbocycles. The van der Waals surface area contributed by atoms with Crippen molar-refractivity contribution in [2.75, 3.05) is 27.2 Å². The molecule has 15 heavy (non-hydrogen) atoms. The molecule has 3 atom stereocenters. The van der Waals surface area contributed by atoms with Crippen LogP contribution in [0, 0.1) is 0 Å². The Morgan fingerprint density at radius 1 is 1.67 bits per heavy atom. The number of amides is 1. The summed E-state index contributed by atoms with van der Waals surface area (Å²) in [7, 11) is 3.91. The van der Waals surface area contributed by atoms with E-state index in [-0.39, 0.29) is 11.9 Å². The second kappa shape index (κ2) is 5.14. The lowest BCUT2D eigenvalue weighted by atomic mass is 10.2. The van der Waals surface area contributed by atoms with Gasteiger partial charge in [-0.05, 0) is 27.4 Å². The number of hydrogen-bond donors (Lipinski definition) is 1. The van der Waals surface area contributed by atoms with Gasteiger partial charge in [-0.1, -0.05) is 0 Å². The Morgan fingerprint density at radius 3 is 2.73 bits per heavy atom. The summed E-state index contributed by atoms with van der Waals surface area (Å²) in [6, 6.07) is 0.0868. The van der Waals surface area contributed by atoms with Gasteiger partial charge in [-0.3, -0.25) is 4.79 Å². The third-order valence-corrected chi connectivity index (χ3v) is 2.78. The van der Waals surface area contributed by atoms with Gasteiger partial charge in [0.05, 0.1) is 6.10 Å². The highest BCUT2D eigenvalue weighted by Crippen LogP contribution is 2.20. The Kier molecular flexibility index (Phi) is 4.37. The Balaban J connectivity index is 2.64. The number of halogens is 1. The number of likely N-dealkylation sites (tertiary alicyclic amines) is 1. The molecular formula is C10H19ClN2O2. The molecule has 0 aromatic heterocycles. The summed E-state index contributed by atoms with van der Waals surface area (Å²) in [4.78, 5) is 15.5. The molecule has 0 radical (unpaired) electrons. The summed E-state index contributed by atoms with van der Waals surface area (Å²) in [6.07, 6.45) is 0.238. The number of alkyl halides is 1. The van der Waals surface area contributed by atoms with Gasteiger partial charge in [0.2, 0.25) is 5.91 Å². The normalized spacial score (nSPS) is 28.5. The Hall–Kier alpha value is -0.320. The number of aliphatic hydroxyl groups is 1. The first-order chi connectivity index (χ1) is 6.91. The molecule has 0 bridgehead atoms. The van der Waals surface area contributed by atoms with Crippen molar-refractivity contribution in [3.63, 3.8) is 0 Å². The van der Waals surface area contributed by atoms with Gasteiger partial charge in [-0.2, -0.15) is 0 Å². The number of carbonyl (C=O) groups excluding carboxylic acids is 1. The van der Waals surface area contributed by atoms with Crippen molar-refractivity contribution in [1.82, 2.24) is 9.80 Å². The van der Waals surface area contributed by atoms with Crippen LogP contribution in [0.2, 0.25) is 0 Å². The molecule has 1 heterocycles. The number of likely N-dealkylation sites (N-methyl/N-ethyl adjacent to an activating group) is 1. The Morgan fingerprint density at radius 2 is 2.27 bits per heavy atom. The molecule has 1 saturated heterocycles. The third-order valence-electron chi connectivity index (χ3n) is 2.59. The molecule has 1 aliphatic heterocycles. The highest BCUT2D eigenvalue weighted by molar-refractivity contribution is 6.30. The molecule has 0 aromatic rings. The molecule has 88 valence electrons. The summed E-state index contributed by atoms with van der Waals surface area (Å²) >= 11 is 5.77. The summed E-state index contributed by atoms with van der Waals surface area (Å²) in [5, 5.41) is 9.04.